The Morgan fingerprint density at radius 1 is 1.27 bits per heavy atom. The third-order valence-electron chi connectivity index (χ3n) is 4.24. The van der Waals surface area contributed by atoms with E-state index in [0.29, 0.717) is 23.7 Å². The van der Waals surface area contributed by atoms with Crippen LogP contribution in [0, 0.1) is 0 Å². The minimum Gasteiger partial charge on any atom is -0.493 e. The normalized spacial score (nSPS) is 13.7. The number of halogens is 1. The third-order valence-corrected chi connectivity index (χ3v) is 4.49. The number of ether oxygens (including phenoxy) is 2. The Bertz CT molecular complexity index is 910. The number of rotatable bonds is 5. The van der Waals surface area contributed by atoms with E-state index in [9.17, 15) is 4.79 Å². The number of fused-ring (bicyclic) bond motifs is 1. The zero-order valence-electron chi connectivity index (χ0n) is 13.8. The maximum absolute atomic E-state index is 12.7. The predicted molar refractivity (Wildman–Crippen MR) is 95.3 cm³/mol. The van der Waals surface area contributed by atoms with Gasteiger partial charge < -0.3 is 9.47 Å². The second-order valence-electron chi connectivity index (χ2n) is 5.98. The quantitative estimate of drug-likeness (QED) is 0.644. The minimum atomic E-state index is -0.508. The largest absolute Gasteiger partial charge is 0.493 e. The Kier molecular flexibility index (Phi) is 4.58. The number of aromatic nitrogens is 3. The number of benzene rings is 2. The summed E-state index contributed by atoms with van der Waals surface area (Å²) in [5.74, 6) is 0.443. The molecule has 6 nitrogen and oxygen atoms in total. The number of esters is 1. The second kappa shape index (κ2) is 7.17. The van der Waals surface area contributed by atoms with Gasteiger partial charge in [-0.15, -0.1) is 0 Å². The molecule has 1 aliphatic heterocycles. The first-order valence-corrected chi connectivity index (χ1v) is 8.61. The molecular formula is C19H16ClN3O3. The average molecular weight is 370 g/mol. The van der Waals surface area contributed by atoms with Gasteiger partial charge in [-0.25, -0.2) is 14.5 Å². The van der Waals surface area contributed by atoms with Gasteiger partial charge in [-0.3, -0.25) is 0 Å². The van der Waals surface area contributed by atoms with Gasteiger partial charge in [0.05, 0.1) is 18.7 Å². The van der Waals surface area contributed by atoms with Crippen molar-refractivity contribution in [3.63, 3.8) is 0 Å². The van der Waals surface area contributed by atoms with Crippen molar-refractivity contribution in [3.05, 3.63) is 76.8 Å². The maximum atomic E-state index is 12.7. The molecule has 4 rings (SSSR count). The molecule has 26 heavy (non-hydrogen) atoms. The molecule has 0 N–H and O–H groups in total. The lowest BCUT2D eigenvalue weighted by Crippen LogP contribution is -2.17. The van der Waals surface area contributed by atoms with Gasteiger partial charge in [-0.1, -0.05) is 23.7 Å². The van der Waals surface area contributed by atoms with Crippen molar-refractivity contribution in [2.45, 2.75) is 19.1 Å². The maximum Gasteiger partial charge on any atom is 0.338 e. The van der Waals surface area contributed by atoms with Crippen LogP contribution in [-0.4, -0.2) is 27.3 Å². The summed E-state index contributed by atoms with van der Waals surface area (Å²) in [6.07, 6.45) is 3.33. The number of hydrogen-bond acceptors (Lipinski definition) is 5. The summed E-state index contributed by atoms with van der Waals surface area (Å²) in [7, 11) is 0. The van der Waals surface area contributed by atoms with Gasteiger partial charge in [0, 0.05) is 11.4 Å². The SMILES string of the molecule is O=C(OC(Cn1cncn1)c1ccc(Cl)cc1)c1ccc2c(c1)CCO2. The second-order valence-corrected chi connectivity index (χ2v) is 6.42. The van der Waals surface area contributed by atoms with Gasteiger partial charge in [0.25, 0.3) is 0 Å². The first kappa shape index (κ1) is 16.6. The van der Waals surface area contributed by atoms with Crippen LogP contribution in [0.25, 0.3) is 0 Å². The molecule has 0 aliphatic carbocycles. The highest BCUT2D eigenvalue weighted by Gasteiger charge is 2.21. The molecule has 2 heterocycles. The topological polar surface area (TPSA) is 66.2 Å². The van der Waals surface area contributed by atoms with Crippen molar-refractivity contribution in [3.8, 4) is 5.75 Å². The van der Waals surface area contributed by atoms with Crippen LogP contribution in [0.5, 0.6) is 5.75 Å². The number of carbonyl (C=O) groups excluding carboxylic acids is 1. The summed E-state index contributed by atoms with van der Waals surface area (Å²) in [4.78, 5) is 16.6. The Morgan fingerprint density at radius 3 is 2.88 bits per heavy atom. The molecule has 7 heteroatoms. The van der Waals surface area contributed by atoms with Crippen molar-refractivity contribution in [1.82, 2.24) is 14.8 Å². The van der Waals surface area contributed by atoms with Gasteiger partial charge in [0.2, 0.25) is 0 Å². The van der Waals surface area contributed by atoms with Gasteiger partial charge in [-0.2, -0.15) is 5.10 Å². The van der Waals surface area contributed by atoms with Crippen molar-refractivity contribution >= 4 is 17.6 Å². The van der Waals surface area contributed by atoms with Crippen molar-refractivity contribution in [2.75, 3.05) is 6.61 Å². The molecule has 0 radical (unpaired) electrons. The molecule has 1 aromatic heterocycles. The molecule has 0 saturated heterocycles. The number of hydrogen-bond donors (Lipinski definition) is 0. The fourth-order valence-corrected chi connectivity index (χ4v) is 3.02. The summed E-state index contributed by atoms with van der Waals surface area (Å²) in [6, 6.07) is 12.6. The highest BCUT2D eigenvalue weighted by molar-refractivity contribution is 6.30. The van der Waals surface area contributed by atoms with E-state index in [1.165, 1.54) is 6.33 Å². The monoisotopic (exact) mass is 369 g/mol. The molecule has 1 aliphatic rings. The van der Waals surface area contributed by atoms with Crippen LogP contribution in [0.4, 0.5) is 0 Å². The molecule has 3 aromatic rings. The van der Waals surface area contributed by atoms with E-state index < -0.39 is 6.10 Å². The summed E-state index contributed by atoms with van der Waals surface area (Å²) in [5.41, 5.74) is 2.37. The molecule has 0 bridgehead atoms. The fourth-order valence-electron chi connectivity index (χ4n) is 2.90. The molecule has 132 valence electrons. The summed E-state index contributed by atoms with van der Waals surface area (Å²) in [6.45, 7) is 1.01. The van der Waals surface area contributed by atoms with Crippen molar-refractivity contribution in [1.29, 1.82) is 0 Å². The van der Waals surface area contributed by atoms with Crippen molar-refractivity contribution < 1.29 is 14.3 Å². The Labute approximate surface area is 155 Å². The highest BCUT2D eigenvalue weighted by Crippen LogP contribution is 2.28. The van der Waals surface area contributed by atoms with Crippen LogP contribution in [0.3, 0.4) is 0 Å². The molecule has 0 saturated carbocycles. The molecule has 1 atom stereocenters. The van der Waals surface area contributed by atoms with E-state index in [1.807, 2.05) is 24.3 Å². The standard InChI is InChI=1S/C19H16ClN3O3/c20-16-4-1-13(2-5-16)18(10-23-12-21-11-22-23)26-19(24)15-3-6-17-14(9-15)7-8-25-17/h1-6,9,11-12,18H,7-8,10H2. The first-order valence-electron chi connectivity index (χ1n) is 8.23. The van der Waals surface area contributed by atoms with Crippen LogP contribution in [0.2, 0.25) is 5.02 Å². The van der Waals surface area contributed by atoms with Gasteiger partial charge in [0.15, 0.2) is 0 Å². The van der Waals surface area contributed by atoms with Gasteiger partial charge >= 0.3 is 5.97 Å². The fraction of sp³-hybridized carbons (Fsp3) is 0.211. The van der Waals surface area contributed by atoms with Gasteiger partial charge in [0.1, 0.15) is 24.5 Å². The van der Waals surface area contributed by atoms with Crippen molar-refractivity contribution in [2.24, 2.45) is 0 Å². The average Bonchev–Trinajstić information content (AvgIpc) is 3.32. The lowest BCUT2D eigenvalue weighted by molar-refractivity contribution is 0.0246. The predicted octanol–water partition coefficient (Wildman–Crippen LogP) is 3.46. The lowest BCUT2D eigenvalue weighted by atomic mass is 10.1. The van der Waals surface area contributed by atoms with E-state index in [-0.39, 0.29) is 5.97 Å². The van der Waals surface area contributed by atoms with E-state index in [4.69, 9.17) is 21.1 Å². The molecule has 2 aromatic carbocycles. The summed E-state index contributed by atoms with van der Waals surface area (Å²) < 4.78 is 12.9. The highest BCUT2D eigenvalue weighted by atomic mass is 35.5. The molecule has 0 spiro atoms. The summed E-state index contributed by atoms with van der Waals surface area (Å²) in [5, 5.41) is 4.72. The lowest BCUT2D eigenvalue weighted by Gasteiger charge is -2.18. The van der Waals surface area contributed by atoms with Crippen LogP contribution in [0.15, 0.2) is 55.1 Å². The van der Waals surface area contributed by atoms with E-state index in [2.05, 4.69) is 10.1 Å². The Balaban J connectivity index is 1.57. The van der Waals surface area contributed by atoms with Crippen LogP contribution in [0.1, 0.15) is 27.6 Å². The molecule has 1 unspecified atom stereocenters. The molecule has 0 amide bonds. The van der Waals surface area contributed by atoms with Crippen LogP contribution >= 0.6 is 11.6 Å². The summed E-state index contributed by atoms with van der Waals surface area (Å²) >= 11 is 5.97. The Morgan fingerprint density at radius 2 is 2.12 bits per heavy atom. The molecular weight excluding hydrogens is 354 g/mol. The zero-order chi connectivity index (χ0) is 17.9. The van der Waals surface area contributed by atoms with Crippen LogP contribution in [-0.2, 0) is 17.7 Å². The number of nitrogens with zero attached hydrogens (tertiary/aromatic N) is 3. The smallest absolute Gasteiger partial charge is 0.338 e. The third kappa shape index (κ3) is 3.55. The van der Waals surface area contributed by atoms with E-state index in [1.54, 1.807) is 29.2 Å². The van der Waals surface area contributed by atoms with Crippen LogP contribution < -0.4 is 4.74 Å². The number of carbonyl (C=O) groups is 1. The van der Waals surface area contributed by atoms with E-state index in [0.717, 1.165) is 23.3 Å². The first-order chi connectivity index (χ1) is 12.7. The Hall–Kier alpha value is -2.86. The molecule has 0 fully saturated rings. The zero-order valence-corrected chi connectivity index (χ0v) is 14.6. The minimum absolute atomic E-state index is 0.363. The van der Waals surface area contributed by atoms with E-state index >= 15 is 0 Å². The van der Waals surface area contributed by atoms with Gasteiger partial charge in [-0.05, 0) is 41.5 Å².